The first-order valence-corrected chi connectivity index (χ1v) is 8.05. The SMILES string of the molecule is CCCn1ccnc1CC(O)CSc1ccccc1C. The summed E-state index contributed by atoms with van der Waals surface area (Å²) in [5, 5.41) is 10.2. The van der Waals surface area contributed by atoms with Crippen molar-refractivity contribution in [3.8, 4) is 0 Å². The molecule has 2 aromatic rings. The number of hydrogen-bond donors (Lipinski definition) is 1. The van der Waals surface area contributed by atoms with Gasteiger partial charge in [-0.1, -0.05) is 25.1 Å². The molecule has 0 spiro atoms. The van der Waals surface area contributed by atoms with Gasteiger partial charge in [0.2, 0.25) is 0 Å². The standard InChI is InChI=1S/C16H22N2OS/c1-3-9-18-10-8-17-16(18)11-14(19)12-20-15-7-5-4-6-13(15)2/h4-8,10,14,19H,3,9,11-12H2,1-2H3. The minimum Gasteiger partial charge on any atom is -0.392 e. The van der Waals surface area contributed by atoms with Gasteiger partial charge in [0.25, 0.3) is 0 Å². The third-order valence-corrected chi connectivity index (χ3v) is 4.53. The predicted molar refractivity (Wildman–Crippen MR) is 84.1 cm³/mol. The molecule has 0 saturated carbocycles. The van der Waals surface area contributed by atoms with Crippen LogP contribution in [-0.2, 0) is 13.0 Å². The molecule has 1 heterocycles. The van der Waals surface area contributed by atoms with Crippen molar-refractivity contribution >= 4 is 11.8 Å². The van der Waals surface area contributed by atoms with Gasteiger partial charge in [0, 0.05) is 36.0 Å². The number of hydrogen-bond acceptors (Lipinski definition) is 3. The van der Waals surface area contributed by atoms with Crippen LogP contribution >= 0.6 is 11.8 Å². The smallest absolute Gasteiger partial charge is 0.111 e. The summed E-state index contributed by atoms with van der Waals surface area (Å²) in [7, 11) is 0. The van der Waals surface area contributed by atoms with Gasteiger partial charge in [-0.25, -0.2) is 4.98 Å². The lowest BCUT2D eigenvalue weighted by molar-refractivity contribution is 0.196. The van der Waals surface area contributed by atoms with Crippen molar-refractivity contribution in [3.63, 3.8) is 0 Å². The number of benzene rings is 1. The van der Waals surface area contributed by atoms with Crippen molar-refractivity contribution < 1.29 is 5.11 Å². The van der Waals surface area contributed by atoms with Gasteiger partial charge in [-0.3, -0.25) is 0 Å². The Kier molecular flexibility index (Phi) is 5.68. The largest absolute Gasteiger partial charge is 0.392 e. The molecule has 0 saturated heterocycles. The summed E-state index contributed by atoms with van der Waals surface area (Å²) >= 11 is 1.71. The summed E-state index contributed by atoms with van der Waals surface area (Å²) in [6.45, 7) is 5.21. The number of thioether (sulfide) groups is 1. The Morgan fingerprint density at radius 3 is 2.90 bits per heavy atom. The molecule has 1 unspecified atom stereocenters. The first-order chi connectivity index (χ1) is 9.70. The summed E-state index contributed by atoms with van der Waals surface area (Å²) in [5.41, 5.74) is 1.26. The van der Waals surface area contributed by atoms with Crippen molar-refractivity contribution in [3.05, 3.63) is 48.0 Å². The van der Waals surface area contributed by atoms with Crippen molar-refractivity contribution in [2.75, 3.05) is 5.75 Å². The van der Waals surface area contributed by atoms with Crippen LogP contribution in [0, 0.1) is 6.92 Å². The zero-order chi connectivity index (χ0) is 14.4. The Bertz CT molecular complexity index is 539. The summed E-state index contributed by atoms with van der Waals surface area (Å²) in [5.74, 6) is 1.67. The normalized spacial score (nSPS) is 12.6. The van der Waals surface area contributed by atoms with E-state index in [1.807, 2.05) is 24.5 Å². The molecular weight excluding hydrogens is 268 g/mol. The highest BCUT2D eigenvalue weighted by molar-refractivity contribution is 7.99. The van der Waals surface area contributed by atoms with Crippen molar-refractivity contribution in [1.82, 2.24) is 9.55 Å². The van der Waals surface area contributed by atoms with Crippen molar-refractivity contribution in [2.24, 2.45) is 0 Å². The molecule has 1 aromatic heterocycles. The molecule has 1 N–H and O–H groups in total. The summed E-state index contributed by atoms with van der Waals surface area (Å²) < 4.78 is 2.13. The maximum Gasteiger partial charge on any atom is 0.111 e. The van der Waals surface area contributed by atoms with E-state index in [2.05, 4.69) is 35.5 Å². The van der Waals surface area contributed by atoms with E-state index in [9.17, 15) is 5.11 Å². The van der Waals surface area contributed by atoms with Gasteiger partial charge >= 0.3 is 0 Å². The second-order valence-corrected chi connectivity index (χ2v) is 6.03. The second-order valence-electron chi connectivity index (χ2n) is 4.97. The molecule has 0 aliphatic heterocycles. The summed E-state index contributed by atoms with van der Waals surface area (Å²) in [6.07, 6.45) is 5.13. The Hall–Kier alpha value is -1.26. The molecule has 20 heavy (non-hydrogen) atoms. The highest BCUT2D eigenvalue weighted by Crippen LogP contribution is 2.23. The third-order valence-electron chi connectivity index (χ3n) is 3.21. The van der Waals surface area contributed by atoms with Crippen LogP contribution in [0.25, 0.3) is 0 Å². The number of aliphatic hydroxyl groups is 1. The number of aryl methyl sites for hydroxylation is 2. The molecule has 1 atom stereocenters. The third kappa shape index (κ3) is 4.12. The molecule has 2 rings (SSSR count). The van der Waals surface area contributed by atoms with Crippen molar-refractivity contribution in [2.45, 2.75) is 44.2 Å². The van der Waals surface area contributed by atoms with Crippen LogP contribution in [0.2, 0.25) is 0 Å². The zero-order valence-electron chi connectivity index (χ0n) is 12.1. The molecule has 0 aliphatic rings. The summed E-state index contributed by atoms with van der Waals surface area (Å²) in [6, 6.07) is 8.28. The van der Waals surface area contributed by atoms with Crippen LogP contribution in [0.3, 0.4) is 0 Å². The van der Waals surface area contributed by atoms with E-state index in [0.717, 1.165) is 18.8 Å². The fraction of sp³-hybridized carbons (Fsp3) is 0.438. The Morgan fingerprint density at radius 2 is 2.15 bits per heavy atom. The second kappa shape index (κ2) is 7.50. The average molecular weight is 290 g/mol. The molecule has 0 radical (unpaired) electrons. The Morgan fingerprint density at radius 1 is 1.35 bits per heavy atom. The van der Waals surface area contributed by atoms with Gasteiger partial charge in [-0.2, -0.15) is 0 Å². The molecule has 0 amide bonds. The maximum atomic E-state index is 10.2. The first-order valence-electron chi connectivity index (χ1n) is 7.07. The minimum atomic E-state index is -0.363. The fourth-order valence-electron chi connectivity index (χ4n) is 2.15. The minimum absolute atomic E-state index is 0.363. The van der Waals surface area contributed by atoms with Gasteiger partial charge < -0.3 is 9.67 Å². The highest BCUT2D eigenvalue weighted by atomic mass is 32.2. The van der Waals surface area contributed by atoms with Crippen LogP contribution in [0.4, 0.5) is 0 Å². The lowest BCUT2D eigenvalue weighted by Gasteiger charge is -2.12. The van der Waals surface area contributed by atoms with Crippen LogP contribution in [0.15, 0.2) is 41.6 Å². The molecule has 4 heteroatoms. The maximum absolute atomic E-state index is 10.2. The van der Waals surface area contributed by atoms with E-state index in [1.54, 1.807) is 11.8 Å². The molecule has 108 valence electrons. The van der Waals surface area contributed by atoms with E-state index in [4.69, 9.17) is 0 Å². The lowest BCUT2D eigenvalue weighted by atomic mass is 10.2. The number of rotatable bonds is 7. The summed E-state index contributed by atoms with van der Waals surface area (Å²) in [4.78, 5) is 5.58. The fourth-order valence-corrected chi connectivity index (χ4v) is 3.11. The van der Waals surface area contributed by atoms with Gasteiger partial charge in [-0.05, 0) is 25.0 Å². The molecule has 1 aromatic carbocycles. The van der Waals surface area contributed by atoms with Gasteiger partial charge in [0.05, 0.1) is 6.10 Å². The average Bonchev–Trinajstić information content (AvgIpc) is 2.86. The number of nitrogens with zero attached hydrogens (tertiary/aromatic N) is 2. The number of aliphatic hydroxyl groups excluding tert-OH is 1. The van der Waals surface area contributed by atoms with Gasteiger partial charge in [0.15, 0.2) is 0 Å². The van der Waals surface area contributed by atoms with Crippen molar-refractivity contribution in [1.29, 1.82) is 0 Å². The zero-order valence-corrected chi connectivity index (χ0v) is 12.9. The van der Waals surface area contributed by atoms with Crippen LogP contribution in [0.1, 0.15) is 24.7 Å². The monoisotopic (exact) mass is 290 g/mol. The number of imidazole rings is 1. The highest BCUT2D eigenvalue weighted by Gasteiger charge is 2.11. The Balaban J connectivity index is 1.88. The molecule has 3 nitrogen and oxygen atoms in total. The quantitative estimate of drug-likeness (QED) is 0.795. The van der Waals surface area contributed by atoms with E-state index in [0.29, 0.717) is 12.2 Å². The lowest BCUT2D eigenvalue weighted by Crippen LogP contribution is -2.17. The van der Waals surface area contributed by atoms with Crippen LogP contribution in [0.5, 0.6) is 0 Å². The Labute approximate surface area is 125 Å². The van der Waals surface area contributed by atoms with E-state index in [-0.39, 0.29) is 6.10 Å². The van der Waals surface area contributed by atoms with E-state index >= 15 is 0 Å². The first kappa shape index (κ1) is 15.1. The number of aromatic nitrogens is 2. The molecule has 0 fully saturated rings. The molecule has 0 bridgehead atoms. The van der Waals surface area contributed by atoms with Crippen LogP contribution < -0.4 is 0 Å². The van der Waals surface area contributed by atoms with Gasteiger partial charge in [-0.15, -0.1) is 11.8 Å². The molecular formula is C16H22N2OS. The predicted octanol–water partition coefficient (Wildman–Crippen LogP) is 3.30. The molecule has 0 aliphatic carbocycles. The van der Waals surface area contributed by atoms with E-state index < -0.39 is 0 Å². The van der Waals surface area contributed by atoms with Crippen LogP contribution in [-0.4, -0.2) is 26.5 Å². The topological polar surface area (TPSA) is 38.0 Å². The van der Waals surface area contributed by atoms with Gasteiger partial charge in [0.1, 0.15) is 5.82 Å². The van der Waals surface area contributed by atoms with E-state index in [1.165, 1.54) is 10.5 Å².